The minimum Gasteiger partial charge on any atom is -0.391 e. The maximum absolute atomic E-state index is 11.9. The molecule has 30 heavy (non-hydrogen) atoms. The maximum atomic E-state index is 11.9. The van der Waals surface area contributed by atoms with Crippen LogP contribution in [0.15, 0.2) is 60.9 Å². The lowest BCUT2D eigenvalue weighted by atomic mass is 9.95. The highest BCUT2D eigenvalue weighted by molar-refractivity contribution is 5.75. The van der Waals surface area contributed by atoms with E-state index in [0.717, 1.165) is 24.4 Å². The lowest BCUT2D eigenvalue weighted by molar-refractivity contribution is -0.120. The Hall–Kier alpha value is -2.70. The molecule has 4 atom stereocenters. The number of carbonyl (C=O) groups excluding carboxylic acids is 1. The SMILES string of the molecule is CCC(=O)NC[C@@H]1[C@@H](c2ccccc2)[C@]12CN(Cc1cnc3ccccn13)C[C@@H]2O. The van der Waals surface area contributed by atoms with E-state index in [0.29, 0.717) is 19.5 Å². The van der Waals surface area contributed by atoms with E-state index in [4.69, 9.17) is 0 Å². The monoisotopic (exact) mass is 404 g/mol. The first kappa shape index (κ1) is 19.3. The molecule has 5 rings (SSSR count). The number of fused-ring (bicyclic) bond motifs is 1. The molecule has 6 nitrogen and oxygen atoms in total. The van der Waals surface area contributed by atoms with Crippen molar-refractivity contribution in [1.82, 2.24) is 19.6 Å². The zero-order valence-corrected chi connectivity index (χ0v) is 17.2. The van der Waals surface area contributed by atoms with Gasteiger partial charge in [0.2, 0.25) is 5.91 Å². The molecule has 2 aromatic heterocycles. The number of likely N-dealkylation sites (tertiary alicyclic amines) is 1. The van der Waals surface area contributed by atoms with E-state index in [2.05, 4.69) is 43.9 Å². The summed E-state index contributed by atoms with van der Waals surface area (Å²) in [5, 5.41) is 14.2. The predicted octanol–water partition coefficient (Wildman–Crippen LogP) is 2.44. The minimum absolute atomic E-state index is 0.0685. The Morgan fingerprint density at radius 1 is 1.23 bits per heavy atom. The molecule has 2 fully saturated rings. The number of β-amino-alcohol motifs (C(OH)–C–C–N with tert-alkyl or cyclic N) is 1. The Labute approximate surface area is 176 Å². The Morgan fingerprint density at radius 2 is 2.03 bits per heavy atom. The second kappa shape index (κ2) is 7.52. The van der Waals surface area contributed by atoms with Gasteiger partial charge in [0.25, 0.3) is 0 Å². The number of nitrogens with one attached hydrogen (secondary N) is 1. The van der Waals surface area contributed by atoms with Gasteiger partial charge >= 0.3 is 0 Å². The van der Waals surface area contributed by atoms with Gasteiger partial charge < -0.3 is 14.8 Å². The summed E-state index contributed by atoms with van der Waals surface area (Å²) >= 11 is 0. The van der Waals surface area contributed by atoms with Crippen LogP contribution in [0.3, 0.4) is 0 Å². The van der Waals surface area contributed by atoms with Gasteiger partial charge in [0.05, 0.1) is 18.0 Å². The van der Waals surface area contributed by atoms with Crippen molar-refractivity contribution in [2.24, 2.45) is 11.3 Å². The average molecular weight is 405 g/mol. The number of benzene rings is 1. The van der Waals surface area contributed by atoms with Gasteiger partial charge in [0, 0.05) is 44.2 Å². The van der Waals surface area contributed by atoms with Crippen molar-refractivity contribution < 1.29 is 9.90 Å². The van der Waals surface area contributed by atoms with E-state index in [9.17, 15) is 9.90 Å². The number of nitrogens with zero attached hydrogens (tertiary/aromatic N) is 3. The molecule has 1 aromatic carbocycles. The molecule has 3 aromatic rings. The molecule has 3 heterocycles. The van der Waals surface area contributed by atoms with Crippen molar-refractivity contribution in [3.63, 3.8) is 0 Å². The molecule has 0 unspecified atom stereocenters. The summed E-state index contributed by atoms with van der Waals surface area (Å²) in [6.07, 6.45) is 4.03. The zero-order valence-electron chi connectivity index (χ0n) is 17.2. The van der Waals surface area contributed by atoms with Crippen molar-refractivity contribution >= 4 is 11.6 Å². The number of aromatic nitrogens is 2. The van der Waals surface area contributed by atoms with Crippen LogP contribution in [0.25, 0.3) is 5.65 Å². The van der Waals surface area contributed by atoms with Gasteiger partial charge in [-0.15, -0.1) is 0 Å². The Kier molecular flexibility index (Phi) is 4.83. The van der Waals surface area contributed by atoms with Crippen LogP contribution in [0.2, 0.25) is 0 Å². The Balaban J connectivity index is 1.38. The molecule has 0 radical (unpaired) electrons. The van der Waals surface area contributed by atoms with E-state index in [1.165, 1.54) is 5.56 Å². The summed E-state index contributed by atoms with van der Waals surface area (Å²) in [6.45, 7) is 4.70. The standard InChI is InChI=1S/C24H28N4O2/c1-2-22(30)26-13-19-23(17-8-4-3-5-9-17)24(19)16-27(15-20(24)29)14-18-12-25-21-10-6-7-11-28(18)21/h3-12,19-20,23,29H,2,13-16H2,1H3,(H,26,30)/t19-,20+,23-,24-/m1/s1. The molecule has 156 valence electrons. The van der Waals surface area contributed by atoms with Crippen molar-refractivity contribution in [3.05, 3.63) is 72.2 Å². The Morgan fingerprint density at radius 3 is 2.83 bits per heavy atom. The fourth-order valence-corrected chi connectivity index (χ4v) is 5.49. The van der Waals surface area contributed by atoms with Crippen LogP contribution in [0.1, 0.15) is 30.5 Å². The summed E-state index contributed by atoms with van der Waals surface area (Å²) in [7, 11) is 0. The average Bonchev–Trinajstić information content (AvgIpc) is 3.03. The van der Waals surface area contributed by atoms with Crippen LogP contribution >= 0.6 is 0 Å². The summed E-state index contributed by atoms with van der Waals surface area (Å²) in [5.41, 5.74) is 3.12. The summed E-state index contributed by atoms with van der Waals surface area (Å²) in [5.74, 6) is 0.578. The van der Waals surface area contributed by atoms with Gasteiger partial charge in [-0.05, 0) is 29.5 Å². The van der Waals surface area contributed by atoms with Gasteiger partial charge in [-0.1, -0.05) is 43.3 Å². The molecular weight excluding hydrogens is 376 g/mol. The van der Waals surface area contributed by atoms with Crippen LogP contribution < -0.4 is 5.32 Å². The van der Waals surface area contributed by atoms with Crippen LogP contribution in [-0.4, -0.2) is 51.0 Å². The quantitative estimate of drug-likeness (QED) is 0.662. The van der Waals surface area contributed by atoms with Gasteiger partial charge in [-0.25, -0.2) is 4.98 Å². The Bertz CT molecular complexity index is 1050. The van der Waals surface area contributed by atoms with E-state index >= 15 is 0 Å². The predicted molar refractivity (Wildman–Crippen MR) is 115 cm³/mol. The molecule has 6 heteroatoms. The third kappa shape index (κ3) is 3.11. The zero-order chi connectivity index (χ0) is 20.7. The smallest absolute Gasteiger partial charge is 0.219 e. The molecule has 1 saturated heterocycles. The third-order valence-corrected chi connectivity index (χ3v) is 6.99. The number of carbonyl (C=O) groups is 1. The van der Waals surface area contributed by atoms with Gasteiger partial charge in [-0.2, -0.15) is 0 Å². The molecule has 1 amide bonds. The fourth-order valence-electron chi connectivity index (χ4n) is 5.49. The summed E-state index contributed by atoms with van der Waals surface area (Å²) < 4.78 is 2.11. The second-order valence-electron chi connectivity index (χ2n) is 8.63. The van der Waals surface area contributed by atoms with E-state index < -0.39 is 6.10 Å². The number of aliphatic hydroxyl groups excluding tert-OH is 1. The van der Waals surface area contributed by atoms with Crippen LogP contribution in [0.4, 0.5) is 0 Å². The first-order valence-corrected chi connectivity index (χ1v) is 10.8. The number of rotatable bonds is 6. The molecule has 1 aliphatic heterocycles. The van der Waals surface area contributed by atoms with E-state index in [1.807, 2.05) is 43.6 Å². The van der Waals surface area contributed by atoms with Crippen molar-refractivity contribution in [2.45, 2.75) is 31.9 Å². The molecule has 1 spiro atoms. The third-order valence-electron chi connectivity index (χ3n) is 6.99. The fraction of sp³-hybridized carbons (Fsp3) is 0.417. The van der Waals surface area contributed by atoms with Crippen LogP contribution in [0.5, 0.6) is 0 Å². The second-order valence-corrected chi connectivity index (χ2v) is 8.63. The lowest BCUT2D eigenvalue weighted by Gasteiger charge is -2.16. The van der Waals surface area contributed by atoms with Crippen LogP contribution in [-0.2, 0) is 11.3 Å². The highest BCUT2D eigenvalue weighted by Gasteiger charge is 2.70. The van der Waals surface area contributed by atoms with E-state index in [-0.39, 0.29) is 23.2 Å². The normalized spacial score (nSPS) is 28.3. The highest BCUT2D eigenvalue weighted by Crippen LogP contribution is 2.68. The number of hydrogen-bond acceptors (Lipinski definition) is 4. The van der Waals surface area contributed by atoms with Crippen molar-refractivity contribution in [1.29, 1.82) is 0 Å². The minimum atomic E-state index is -0.412. The first-order chi connectivity index (χ1) is 14.6. The summed E-state index contributed by atoms with van der Waals surface area (Å²) in [4.78, 5) is 18.7. The largest absolute Gasteiger partial charge is 0.391 e. The molecule has 1 aliphatic carbocycles. The molecular formula is C24H28N4O2. The molecule has 0 bridgehead atoms. The van der Waals surface area contributed by atoms with Crippen molar-refractivity contribution in [2.75, 3.05) is 19.6 Å². The number of imidazole rings is 1. The number of hydrogen-bond donors (Lipinski definition) is 2. The van der Waals surface area contributed by atoms with E-state index in [1.54, 1.807) is 0 Å². The number of aliphatic hydroxyl groups is 1. The maximum Gasteiger partial charge on any atom is 0.219 e. The van der Waals surface area contributed by atoms with Gasteiger partial charge in [0.15, 0.2) is 0 Å². The van der Waals surface area contributed by atoms with Crippen molar-refractivity contribution in [3.8, 4) is 0 Å². The highest BCUT2D eigenvalue weighted by atomic mass is 16.3. The van der Waals surface area contributed by atoms with Gasteiger partial charge in [-0.3, -0.25) is 9.69 Å². The lowest BCUT2D eigenvalue weighted by Crippen LogP contribution is -2.29. The number of pyridine rings is 1. The summed E-state index contributed by atoms with van der Waals surface area (Å²) in [6, 6.07) is 16.4. The van der Waals surface area contributed by atoms with Crippen LogP contribution in [0, 0.1) is 11.3 Å². The molecule has 2 N–H and O–H groups in total. The topological polar surface area (TPSA) is 69.9 Å². The first-order valence-electron chi connectivity index (χ1n) is 10.8. The molecule has 2 aliphatic rings. The van der Waals surface area contributed by atoms with Gasteiger partial charge in [0.1, 0.15) is 5.65 Å². The number of amides is 1. The molecule has 1 saturated carbocycles.